The van der Waals surface area contributed by atoms with Crippen molar-refractivity contribution < 1.29 is 4.79 Å². The molecule has 20 heavy (non-hydrogen) atoms. The van der Waals surface area contributed by atoms with Gasteiger partial charge in [-0.2, -0.15) is 0 Å². The molecule has 1 aromatic heterocycles. The maximum absolute atomic E-state index is 11.8. The average molecular weight is 342 g/mol. The van der Waals surface area contributed by atoms with Crippen molar-refractivity contribution in [2.24, 2.45) is 5.73 Å². The lowest BCUT2D eigenvalue weighted by atomic mass is 9.94. The third kappa shape index (κ3) is 6.88. The summed E-state index contributed by atoms with van der Waals surface area (Å²) in [6, 6.07) is 0. The summed E-state index contributed by atoms with van der Waals surface area (Å²) in [6.07, 6.45) is 2.99. The van der Waals surface area contributed by atoms with Crippen LogP contribution in [0.5, 0.6) is 0 Å². The van der Waals surface area contributed by atoms with Gasteiger partial charge in [-0.3, -0.25) is 4.79 Å². The van der Waals surface area contributed by atoms with E-state index in [1.165, 1.54) is 0 Å². The van der Waals surface area contributed by atoms with Gasteiger partial charge in [0.25, 0.3) is 0 Å². The molecule has 1 aromatic rings. The molecule has 0 aliphatic rings. The summed E-state index contributed by atoms with van der Waals surface area (Å²) < 4.78 is 0. The molecule has 0 bridgehead atoms. The highest BCUT2D eigenvalue weighted by molar-refractivity contribution is 7.09. The molecular weight excluding hydrogens is 317 g/mol. The number of aromatic nitrogens is 1. The van der Waals surface area contributed by atoms with Gasteiger partial charge in [-0.05, 0) is 19.3 Å². The van der Waals surface area contributed by atoms with E-state index in [1.54, 1.807) is 11.3 Å². The van der Waals surface area contributed by atoms with Gasteiger partial charge in [0.15, 0.2) is 0 Å². The minimum atomic E-state index is -0.285. The molecule has 1 heterocycles. The minimum absolute atomic E-state index is 0. The zero-order chi connectivity index (χ0) is 13.6. The maximum Gasteiger partial charge on any atom is 0.226 e. The second-order valence-corrected chi connectivity index (χ2v) is 5.55. The monoisotopic (exact) mass is 341 g/mol. The van der Waals surface area contributed by atoms with Gasteiger partial charge in [0, 0.05) is 17.5 Å². The first-order valence-electron chi connectivity index (χ1n) is 6.51. The number of nitrogens with two attached hydrogens (primary N) is 1. The number of hydrogen-bond donors (Lipinski definition) is 2. The summed E-state index contributed by atoms with van der Waals surface area (Å²) in [7, 11) is 0. The van der Waals surface area contributed by atoms with Crippen molar-refractivity contribution in [2.75, 3.05) is 6.54 Å². The van der Waals surface area contributed by atoms with Gasteiger partial charge in [-0.15, -0.1) is 36.2 Å². The second-order valence-electron chi connectivity index (χ2n) is 4.61. The number of hydrogen-bond acceptors (Lipinski definition) is 4. The van der Waals surface area contributed by atoms with Crippen molar-refractivity contribution in [1.82, 2.24) is 10.3 Å². The van der Waals surface area contributed by atoms with E-state index in [0.717, 1.165) is 30.0 Å². The molecular formula is C13H25Cl2N3OS. The first-order valence-corrected chi connectivity index (χ1v) is 7.39. The van der Waals surface area contributed by atoms with E-state index in [4.69, 9.17) is 5.73 Å². The Morgan fingerprint density at radius 3 is 2.40 bits per heavy atom. The van der Waals surface area contributed by atoms with Gasteiger partial charge in [0.1, 0.15) is 0 Å². The topological polar surface area (TPSA) is 68.0 Å². The van der Waals surface area contributed by atoms with E-state index in [1.807, 2.05) is 19.2 Å². The van der Waals surface area contributed by atoms with Crippen LogP contribution in [0.15, 0.2) is 5.38 Å². The molecule has 0 spiro atoms. The SMILES string of the molecule is CCc1nc(CC(=O)NCC(N)(CC)CC)cs1.Cl.Cl. The average Bonchev–Trinajstić information content (AvgIpc) is 2.83. The van der Waals surface area contributed by atoms with Gasteiger partial charge >= 0.3 is 0 Å². The van der Waals surface area contributed by atoms with E-state index in [0.29, 0.717) is 13.0 Å². The number of halogens is 2. The van der Waals surface area contributed by atoms with E-state index >= 15 is 0 Å². The number of carbonyl (C=O) groups is 1. The predicted octanol–water partition coefficient (Wildman–Crippen LogP) is 2.73. The highest BCUT2D eigenvalue weighted by Gasteiger charge is 2.20. The summed E-state index contributed by atoms with van der Waals surface area (Å²) >= 11 is 1.61. The Balaban J connectivity index is 0. The van der Waals surface area contributed by atoms with Crippen molar-refractivity contribution >= 4 is 42.1 Å². The van der Waals surface area contributed by atoms with Gasteiger partial charge < -0.3 is 11.1 Å². The Kier molecular flexibility index (Phi) is 11.4. The number of nitrogens with zero attached hydrogens (tertiary/aromatic N) is 1. The van der Waals surface area contributed by atoms with Gasteiger partial charge in [0.2, 0.25) is 5.91 Å². The quantitative estimate of drug-likeness (QED) is 0.801. The van der Waals surface area contributed by atoms with Crippen molar-refractivity contribution in [3.05, 3.63) is 16.1 Å². The normalized spacial score (nSPS) is 10.4. The molecule has 0 saturated carbocycles. The molecule has 0 aromatic carbocycles. The van der Waals surface area contributed by atoms with Crippen LogP contribution < -0.4 is 11.1 Å². The lowest BCUT2D eigenvalue weighted by Crippen LogP contribution is -2.49. The Hall–Kier alpha value is -0.360. The Labute approximate surface area is 137 Å². The van der Waals surface area contributed by atoms with Crippen LogP contribution in [-0.2, 0) is 17.6 Å². The number of amides is 1. The lowest BCUT2D eigenvalue weighted by Gasteiger charge is -2.26. The van der Waals surface area contributed by atoms with Crippen molar-refractivity contribution in [2.45, 2.75) is 52.0 Å². The first-order chi connectivity index (χ1) is 8.53. The second kappa shape index (κ2) is 10.4. The third-order valence-corrected chi connectivity index (χ3v) is 4.33. The molecule has 0 saturated heterocycles. The summed E-state index contributed by atoms with van der Waals surface area (Å²) in [4.78, 5) is 16.2. The molecule has 3 N–H and O–H groups in total. The summed E-state index contributed by atoms with van der Waals surface area (Å²) in [6.45, 7) is 6.69. The van der Waals surface area contributed by atoms with Crippen LogP contribution in [0.3, 0.4) is 0 Å². The molecule has 4 nitrogen and oxygen atoms in total. The van der Waals surface area contributed by atoms with E-state index in [9.17, 15) is 4.79 Å². The molecule has 0 radical (unpaired) electrons. The predicted molar refractivity (Wildman–Crippen MR) is 90.2 cm³/mol. The van der Waals surface area contributed by atoms with E-state index < -0.39 is 0 Å². The van der Waals surface area contributed by atoms with E-state index in [2.05, 4.69) is 17.2 Å². The molecule has 1 amide bonds. The van der Waals surface area contributed by atoms with Crippen molar-refractivity contribution in [1.29, 1.82) is 0 Å². The molecule has 0 aliphatic heterocycles. The van der Waals surface area contributed by atoms with Crippen LogP contribution >= 0.6 is 36.2 Å². The van der Waals surface area contributed by atoms with Crippen LogP contribution in [0.4, 0.5) is 0 Å². The van der Waals surface area contributed by atoms with Crippen LogP contribution in [0.25, 0.3) is 0 Å². The van der Waals surface area contributed by atoms with Crippen molar-refractivity contribution in [3.8, 4) is 0 Å². The molecule has 0 unspecified atom stereocenters. The zero-order valence-corrected chi connectivity index (χ0v) is 14.7. The first kappa shape index (κ1) is 21.9. The number of aryl methyl sites for hydroxylation is 1. The number of rotatable bonds is 7. The van der Waals surface area contributed by atoms with Crippen LogP contribution in [-0.4, -0.2) is 23.0 Å². The molecule has 0 atom stereocenters. The summed E-state index contributed by atoms with van der Waals surface area (Å²) in [5, 5.41) is 5.93. The Morgan fingerprint density at radius 1 is 1.35 bits per heavy atom. The van der Waals surface area contributed by atoms with Crippen LogP contribution in [0.2, 0.25) is 0 Å². The van der Waals surface area contributed by atoms with Crippen LogP contribution in [0, 0.1) is 0 Å². The highest BCUT2D eigenvalue weighted by Crippen LogP contribution is 2.11. The molecule has 118 valence electrons. The van der Waals surface area contributed by atoms with E-state index in [-0.39, 0.29) is 36.3 Å². The fraction of sp³-hybridized carbons (Fsp3) is 0.692. The molecule has 1 rings (SSSR count). The highest BCUT2D eigenvalue weighted by atomic mass is 35.5. The standard InChI is InChI=1S/C13H23N3OS.2ClH/c1-4-12-16-10(8-18-12)7-11(17)15-9-13(14,5-2)6-3;;/h8H,4-7,9,14H2,1-3H3,(H,15,17);2*1H. The number of nitrogens with one attached hydrogen (secondary N) is 1. The lowest BCUT2D eigenvalue weighted by molar-refractivity contribution is -0.120. The van der Waals surface area contributed by atoms with Gasteiger partial charge in [-0.1, -0.05) is 20.8 Å². The van der Waals surface area contributed by atoms with Gasteiger partial charge in [-0.25, -0.2) is 4.98 Å². The summed E-state index contributed by atoms with van der Waals surface area (Å²) in [5.74, 6) is -0.000298. The van der Waals surface area contributed by atoms with Gasteiger partial charge in [0.05, 0.1) is 17.1 Å². The van der Waals surface area contributed by atoms with Crippen molar-refractivity contribution in [3.63, 3.8) is 0 Å². The van der Waals surface area contributed by atoms with Crippen LogP contribution in [0.1, 0.15) is 44.3 Å². The smallest absolute Gasteiger partial charge is 0.226 e. The maximum atomic E-state index is 11.8. The Bertz CT molecular complexity index is 395. The summed E-state index contributed by atoms with van der Waals surface area (Å²) in [5.41, 5.74) is 6.70. The molecule has 0 aliphatic carbocycles. The fourth-order valence-electron chi connectivity index (χ4n) is 1.59. The largest absolute Gasteiger partial charge is 0.354 e. The minimum Gasteiger partial charge on any atom is -0.354 e. The molecule has 7 heteroatoms. The zero-order valence-electron chi connectivity index (χ0n) is 12.3. The number of carbonyl (C=O) groups excluding carboxylic acids is 1. The Morgan fingerprint density at radius 2 is 1.95 bits per heavy atom. The third-order valence-electron chi connectivity index (χ3n) is 3.29. The number of thiazole rings is 1. The fourth-order valence-corrected chi connectivity index (χ4v) is 2.34. The molecule has 0 fully saturated rings.